The summed E-state index contributed by atoms with van der Waals surface area (Å²) in [5, 5.41) is 1.43. The van der Waals surface area contributed by atoms with Crippen LogP contribution in [-0.4, -0.2) is 46.0 Å². The summed E-state index contributed by atoms with van der Waals surface area (Å²) in [4.78, 5) is 31.6. The van der Waals surface area contributed by atoms with Gasteiger partial charge in [0.15, 0.2) is 0 Å². The lowest BCUT2D eigenvalue weighted by Crippen LogP contribution is -2.38. The highest BCUT2D eigenvalue weighted by Gasteiger charge is 2.30. The smallest absolute Gasteiger partial charge is 0.294 e. The van der Waals surface area contributed by atoms with E-state index in [1.54, 1.807) is 6.92 Å². The first-order valence-corrected chi connectivity index (χ1v) is 7.97. The van der Waals surface area contributed by atoms with Crippen molar-refractivity contribution in [3.05, 3.63) is 23.5 Å². The van der Waals surface area contributed by atoms with Gasteiger partial charge in [0.2, 0.25) is 5.91 Å². The van der Waals surface area contributed by atoms with Crippen LogP contribution in [0, 0.1) is 0 Å². The summed E-state index contributed by atoms with van der Waals surface area (Å²) in [5.74, 6) is -0.00177. The van der Waals surface area contributed by atoms with E-state index in [4.69, 9.17) is 4.84 Å². The predicted octanol–water partition coefficient (Wildman–Crippen LogP) is 1.88. The molecule has 0 bridgehead atoms. The Kier molecular flexibility index (Phi) is 4.20. The van der Waals surface area contributed by atoms with Crippen LogP contribution in [0.4, 0.5) is 0 Å². The Balaban J connectivity index is 1.85. The molecule has 0 spiro atoms. The summed E-state index contributed by atoms with van der Waals surface area (Å²) in [7, 11) is 1.89. The van der Waals surface area contributed by atoms with E-state index in [9.17, 15) is 9.59 Å². The zero-order valence-corrected chi connectivity index (χ0v) is 13.2. The van der Waals surface area contributed by atoms with Crippen molar-refractivity contribution < 1.29 is 14.4 Å². The first kappa shape index (κ1) is 15.1. The lowest BCUT2D eigenvalue weighted by molar-refractivity contribution is -0.132. The molecule has 2 aliphatic rings. The van der Waals surface area contributed by atoms with Gasteiger partial charge in [-0.25, -0.2) is 5.06 Å². The number of amides is 2. The van der Waals surface area contributed by atoms with Crippen molar-refractivity contribution in [1.82, 2.24) is 14.5 Å². The highest BCUT2D eigenvalue weighted by molar-refractivity contribution is 5.92. The van der Waals surface area contributed by atoms with E-state index in [1.165, 1.54) is 5.06 Å². The lowest BCUT2D eigenvalue weighted by Gasteiger charge is -2.35. The molecular formula is C16H23N3O3. The van der Waals surface area contributed by atoms with Gasteiger partial charge in [0.25, 0.3) is 5.91 Å². The molecule has 0 N–H and O–H groups in total. The molecule has 3 heterocycles. The summed E-state index contributed by atoms with van der Waals surface area (Å²) in [6.07, 6.45) is 3.99. The maximum atomic E-state index is 12.5. The van der Waals surface area contributed by atoms with E-state index in [1.807, 2.05) is 28.6 Å². The highest BCUT2D eigenvalue weighted by Crippen LogP contribution is 2.32. The van der Waals surface area contributed by atoms with Crippen molar-refractivity contribution in [2.45, 2.75) is 38.6 Å². The molecule has 0 radical (unpaired) electrons. The zero-order chi connectivity index (χ0) is 15.7. The van der Waals surface area contributed by atoms with Crippen LogP contribution < -0.4 is 0 Å². The Labute approximate surface area is 130 Å². The van der Waals surface area contributed by atoms with Gasteiger partial charge in [-0.15, -0.1) is 0 Å². The van der Waals surface area contributed by atoms with E-state index < -0.39 is 0 Å². The average molecular weight is 305 g/mol. The summed E-state index contributed by atoms with van der Waals surface area (Å²) in [5.41, 5.74) is 1.64. The maximum Gasteiger partial charge on any atom is 0.294 e. The summed E-state index contributed by atoms with van der Waals surface area (Å²) < 4.78 is 1.91. The zero-order valence-electron chi connectivity index (χ0n) is 13.2. The number of hydrogen-bond acceptors (Lipinski definition) is 3. The summed E-state index contributed by atoms with van der Waals surface area (Å²) >= 11 is 0. The second-order valence-electron chi connectivity index (χ2n) is 6.02. The van der Waals surface area contributed by atoms with Gasteiger partial charge >= 0.3 is 0 Å². The second kappa shape index (κ2) is 6.12. The molecule has 0 aromatic carbocycles. The maximum absolute atomic E-state index is 12.5. The molecule has 2 amide bonds. The highest BCUT2D eigenvalue weighted by atomic mass is 16.7. The third-order valence-electron chi connectivity index (χ3n) is 4.61. The fraction of sp³-hybridized carbons (Fsp3) is 0.625. The largest absolute Gasteiger partial charge is 0.342 e. The van der Waals surface area contributed by atoms with Crippen molar-refractivity contribution in [2.75, 3.05) is 19.7 Å². The minimum Gasteiger partial charge on any atom is -0.342 e. The third kappa shape index (κ3) is 2.63. The van der Waals surface area contributed by atoms with E-state index in [2.05, 4.69) is 0 Å². The standard InChI is InChI=1S/C16H23N3O3/c1-12(20)18-9-4-3-6-14(18)13-7-8-15(17(13)2)16(21)19-10-5-11-22-19/h7-8,14H,3-6,9-11H2,1-2H3. The van der Waals surface area contributed by atoms with Gasteiger partial charge in [-0.3, -0.25) is 14.4 Å². The molecule has 0 saturated carbocycles. The SMILES string of the molecule is CC(=O)N1CCCCC1c1ccc(C(=O)N2CCCO2)n1C. The van der Waals surface area contributed by atoms with E-state index in [0.717, 1.165) is 37.9 Å². The molecule has 6 heteroatoms. The van der Waals surface area contributed by atoms with Crippen LogP contribution in [0.1, 0.15) is 54.8 Å². The Bertz CT molecular complexity index is 575. The predicted molar refractivity (Wildman–Crippen MR) is 81.0 cm³/mol. The number of aromatic nitrogens is 1. The first-order chi connectivity index (χ1) is 10.6. The number of nitrogens with zero attached hydrogens (tertiary/aromatic N) is 3. The quantitative estimate of drug-likeness (QED) is 0.838. The van der Waals surface area contributed by atoms with Crippen LogP contribution in [0.15, 0.2) is 12.1 Å². The minimum absolute atomic E-state index is 0.0669. The van der Waals surface area contributed by atoms with Gasteiger partial charge in [0, 0.05) is 26.2 Å². The van der Waals surface area contributed by atoms with Crippen LogP contribution in [0.5, 0.6) is 0 Å². The number of carbonyl (C=O) groups excluding carboxylic acids is 2. The molecule has 0 aliphatic carbocycles. The van der Waals surface area contributed by atoms with Crippen LogP contribution >= 0.6 is 0 Å². The van der Waals surface area contributed by atoms with Crippen LogP contribution in [-0.2, 0) is 16.7 Å². The van der Waals surface area contributed by atoms with Gasteiger partial charge in [0.1, 0.15) is 5.69 Å². The number of hydroxylamine groups is 2. The summed E-state index contributed by atoms with van der Waals surface area (Å²) in [6.45, 7) is 3.65. The van der Waals surface area contributed by atoms with E-state index in [-0.39, 0.29) is 17.9 Å². The minimum atomic E-state index is -0.101. The Morgan fingerprint density at radius 3 is 2.68 bits per heavy atom. The number of carbonyl (C=O) groups is 2. The van der Waals surface area contributed by atoms with Crippen LogP contribution in [0.2, 0.25) is 0 Å². The molecule has 2 aliphatic heterocycles. The second-order valence-corrected chi connectivity index (χ2v) is 6.02. The van der Waals surface area contributed by atoms with Crippen LogP contribution in [0.3, 0.4) is 0 Å². The number of rotatable bonds is 2. The molecule has 22 heavy (non-hydrogen) atoms. The fourth-order valence-corrected chi connectivity index (χ4v) is 3.43. The van der Waals surface area contributed by atoms with E-state index in [0.29, 0.717) is 18.8 Å². The van der Waals surface area contributed by atoms with Crippen molar-refractivity contribution in [3.8, 4) is 0 Å². The molecular weight excluding hydrogens is 282 g/mol. The van der Waals surface area contributed by atoms with Gasteiger partial charge < -0.3 is 9.47 Å². The molecule has 1 unspecified atom stereocenters. The normalized spacial score (nSPS) is 22.2. The monoisotopic (exact) mass is 305 g/mol. The van der Waals surface area contributed by atoms with Crippen molar-refractivity contribution >= 4 is 11.8 Å². The van der Waals surface area contributed by atoms with Crippen LogP contribution in [0.25, 0.3) is 0 Å². The number of likely N-dealkylation sites (tertiary alicyclic amines) is 1. The number of hydrogen-bond donors (Lipinski definition) is 0. The number of piperidine rings is 1. The van der Waals surface area contributed by atoms with Gasteiger partial charge in [-0.05, 0) is 37.8 Å². The van der Waals surface area contributed by atoms with E-state index >= 15 is 0 Å². The lowest BCUT2D eigenvalue weighted by atomic mass is 9.99. The molecule has 2 fully saturated rings. The molecule has 1 atom stereocenters. The molecule has 6 nitrogen and oxygen atoms in total. The topological polar surface area (TPSA) is 54.8 Å². The van der Waals surface area contributed by atoms with Crippen molar-refractivity contribution in [2.24, 2.45) is 7.05 Å². The molecule has 120 valence electrons. The fourth-order valence-electron chi connectivity index (χ4n) is 3.43. The van der Waals surface area contributed by atoms with Gasteiger partial charge in [-0.2, -0.15) is 0 Å². The molecule has 1 aromatic rings. The molecule has 2 saturated heterocycles. The van der Waals surface area contributed by atoms with Gasteiger partial charge in [-0.1, -0.05) is 0 Å². The summed E-state index contributed by atoms with van der Waals surface area (Å²) in [6, 6.07) is 3.87. The molecule has 1 aromatic heterocycles. The Morgan fingerprint density at radius 2 is 2.00 bits per heavy atom. The van der Waals surface area contributed by atoms with Crippen molar-refractivity contribution in [1.29, 1.82) is 0 Å². The average Bonchev–Trinajstić information content (AvgIpc) is 3.16. The van der Waals surface area contributed by atoms with Gasteiger partial charge in [0.05, 0.1) is 19.2 Å². The van der Waals surface area contributed by atoms with Crippen molar-refractivity contribution in [3.63, 3.8) is 0 Å². The third-order valence-corrected chi connectivity index (χ3v) is 4.61. The first-order valence-electron chi connectivity index (χ1n) is 7.97. The molecule has 3 rings (SSSR count). The Morgan fingerprint density at radius 1 is 1.18 bits per heavy atom. The Hall–Kier alpha value is -1.82.